The first kappa shape index (κ1) is 41.4. The van der Waals surface area contributed by atoms with E-state index >= 15 is 0 Å². The van der Waals surface area contributed by atoms with Crippen LogP contribution in [-0.2, 0) is 27.4 Å². The molecule has 6 atom stereocenters. The van der Waals surface area contributed by atoms with Crippen LogP contribution in [0.5, 0.6) is 0 Å². The standard InChI is InChI=1S/C23H28ClN3O4.C19H20ClN3O4/c1-23(2,3)31-21(28)20-8-9-27(25-20)22(29)26-12-16-10-18(11-17(16)13-26)30-14-15-6-4-5-7-19(15)24;20-16-4-2-1-3-12(16)11-27-15-7-13-9-22(10-14(13)8-15)19(26)23-6-5-17(21-23)18(24)25/h4-9,16-18H,10-14H2,1-3H3;1-6,13-15H,7-11H2,(H,24,25)/t16-,17+,18?;13-,14+,15?. The third-order valence-electron chi connectivity index (χ3n) is 11.2. The Morgan fingerprint density at radius 3 is 1.43 bits per heavy atom. The van der Waals surface area contributed by atoms with Crippen molar-refractivity contribution in [3.8, 4) is 0 Å². The molecule has 4 aliphatic rings. The van der Waals surface area contributed by atoms with Gasteiger partial charge in [-0.15, -0.1) is 0 Å². The zero-order valence-corrected chi connectivity index (χ0v) is 34.2. The second kappa shape index (κ2) is 17.6. The van der Waals surface area contributed by atoms with Crippen molar-refractivity contribution < 1.29 is 38.5 Å². The second-order valence-corrected chi connectivity index (χ2v) is 17.3. The molecule has 4 heterocycles. The van der Waals surface area contributed by atoms with Gasteiger partial charge < -0.3 is 29.1 Å². The summed E-state index contributed by atoms with van der Waals surface area (Å²) in [5, 5.41) is 18.3. The number of amides is 2. The number of esters is 1. The lowest BCUT2D eigenvalue weighted by atomic mass is 10.0. The molecule has 2 aliphatic heterocycles. The number of aromatic nitrogens is 4. The van der Waals surface area contributed by atoms with Gasteiger partial charge in [0.1, 0.15) is 5.60 Å². The van der Waals surface area contributed by atoms with Crippen molar-refractivity contribution in [1.29, 1.82) is 0 Å². The van der Waals surface area contributed by atoms with Gasteiger partial charge in [0.15, 0.2) is 11.4 Å². The Bertz CT molecular complexity index is 2100. The van der Waals surface area contributed by atoms with E-state index in [4.69, 9.17) is 42.5 Å². The molecule has 14 nitrogen and oxygen atoms in total. The molecule has 2 aromatic carbocycles. The van der Waals surface area contributed by atoms with Gasteiger partial charge in [0, 0.05) is 48.6 Å². The van der Waals surface area contributed by atoms with Crippen molar-refractivity contribution in [3.63, 3.8) is 0 Å². The first-order chi connectivity index (χ1) is 27.7. The number of carbonyl (C=O) groups is 4. The Morgan fingerprint density at radius 1 is 0.655 bits per heavy atom. The Labute approximate surface area is 346 Å². The fourth-order valence-electron chi connectivity index (χ4n) is 8.42. The summed E-state index contributed by atoms with van der Waals surface area (Å²) in [6.45, 7) is 9.04. The maximum absolute atomic E-state index is 12.9. The van der Waals surface area contributed by atoms with E-state index in [1.165, 1.54) is 29.2 Å². The number of nitrogens with zero attached hydrogens (tertiary/aromatic N) is 6. The number of rotatable bonds is 8. The molecular formula is C42H48Cl2N6O8. The molecule has 16 heteroatoms. The number of halogens is 2. The van der Waals surface area contributed by atoms with Gasteiger partial charge in [0.25, 0.3) is 0 Å². The number of likely N-dealkylation sites (tertiary alicyclic amines) is 2. The number of carboxylic acid groups (broad SMARTS) is 1. The largest absolute Gasteiger partial charge is 0.476 e. The summed E-state index contributed by atoms with van der Waals surface area (Å²) in [4.78, 5) is 52.0. The summed E-state index contributed by atoms with van der Waals surface area (Å²) in [5.41, 5.74) is 1.38. The third-order valence-corrected chi connectivity index (χ3v) is 12.0. The Hall–Kier alpha value is -4.76. The topological polar surface area (TPSA) is 158 Å². The molecule has 58 heavy (non-hydrogen) atoms. The van der Waals surface area contributed by atoms with Gasteiger partial charge in [-0.3, -0.25) is 0 Å². The highest BCUT2D eigenvalue weighted by Gasteiger charge is 2.44. The second-order valence-electron chi connectivity index (χ2n) is 16.5. The quantitative estimate of drug-likeness (QED) is 0.176. The average Bonchev–Trinajstić information content (AvgIpc) is 4.03. The predicted molar refractivity (Wildman–Crippen MR) is 214 cm³/mol. The number of hydrogen-bond acceptors (Lipinski definition) is 9. The van der Waals surface area contributed by atoms with E-state index < -0.39 is 17.5 Å². The smallest absolute Gasteiger partial charge is 0.359 e. The molecule has 4 fully saturated rings. The van der Waals surface area contributed by atoms with Crippen LogP contribution in [0, 0.1) is 23.7 Å². The van der Waals surface area contributed by atoms with E-state index in [-0.39, 0.29) is 35.7 Å². The van der Waals surface area contributed by atoms with Gasteiger partial charge in [-0.05, 0) is 106 Å². The molecule has 2 amide bonds. The summed E-state index contributed by atoms with van der Waals surface area (Å²) in [7, 11) is 0. The van der Waals surface area contributed by atoms with Crippen molar-refractivity contribution in [2.24, 2.45) is 23.7 Å². The molecule has 0 spiro atoms. The van der Waals surface area contributed by atoms with Crippen LogP contribution in [0.1, 0.15) is 78.6 Å². The number of hydrogen-bond donors (Lipinski definition) is 1. The molecule has 2 aliphatic carbocycles. The van der Waals surface area contributed by atoms with Crippen molar-refractivity contribution in [3.05, 3.63) is 106 Å². The number of ether oxygens (including phenoxy) is 3. The van der Waals surface area contributed by atoms with Gasteiger partial charge >= 0.3 is 24.0 Å². The zero-order chi connectivity index (χ0) is 41.1. The summed E-state index contributed by atoms with van der Waals surface area (Å²) < 4.78 is 19.8. The molecule has 0 radical (unpaired) electrons. The van der Waals surface area contributed by atoms with E-state index in [9.17, 15) is 19.2 Å². The first-order valence-electron chi connectivity index (χ1n) is 19.6. The lowest BCUT2D eigenvalue weighted by molar-refractivity contribution is 0.00619. The van der Waals surface area contributed by atoms with Crippen LogP contribution >= 0.6 is 23.2 Å². The van der Waals surface area contributed by atoms with Gasteiger partial charge in [-0.2, -0.15) is 19.6 Å². The highest BCUT2D eigenvalue weighted by molar-refractivity contribution is 6.31. The highest BCUT2D eigenvalue weighted by Crippen LogP contribution is 2.41. The van der Waals surface area contributed by atoms with E-state index in [2.05, 4.69) is 10.2 Å². The van der Waals surface area contributed by atoms with Crippen molar-refractivity contribution >= 4 is 47.2 Å². The van der Waals surface area contributed by atoms with Gasteiger partial charge in [0.05, 0.1) is 25.4 Å². The van der Waals surface area contributed by atoms with Crippen LogP contribution in [0.4, 0.5) is 9.59 Å². The summed E-state index contributed by atoms with van der Waals surface area (Å²) in [5.74, 6) is -0.0317. The van der Waals surface area contributed by atoms with E-state index in [0.29, 0.717) is 68.1 Å². The van der Waals surface area contributed by atoms with E-state index in [1.54, 1.807) is 25.7 Å². The maximum atomic E-state index is 12.9. The van der Waals surface area contributed by atoms with Crippen LogP contribution in [-0.4, -0.2) is 102 Å². The van der Waals surface area contributed by atoms with E-state index in [0.717, 1.165) is 46.5 Å². The molecule has 1 N–H and O–H groups in total. The normalized spacial score (nSPS) is 23.6. The Kier molecular flexibility index (Phi) is 12.6. The number of fused-ring (bicyclic) bond motifs is 2. The monoisotopic (exact) mass is 834 g/mol. The molecular weight excluding hydrogens is 787 g/mol. The number of aromatic carboxylic acids is 1. The molecule has 2 aromatic heterocycles. The van der Waals surface area contributed by atoms with Gasteiger partial charge in [0.2, 0.25) is 0 Å². The summed E-state index contributed by atoms with van der Waals surface area (Å²) >= 11 is 12.4. The van der Waals surface area contributed by atoms with Crippen molar-refractivity contribution in [1.82, 2.24) is 29.4 Å². The van der Waals surface area contributed by atoms with Crippen LogP contribution < -0.4 is 0 Å². The van der Waals surface area contributed by atoms with Crippen molar-refractivity contribution in [2.45, 2.75) is 77.5 Å². The number of benzene rings is 2. The van der Waals surface area contributed by atoms with Crippen LogP contribution in [0.25, 0.3) is 0 Å². The molecule has 2 saturated carbocycles. The fraction of sp³-hybridized carbons (Fsp3) is 0.476. The zero-order valence-electron chi connectivity index (χ0n) is 32.7. The maximum Gasteiger partial charge on any atom is 0.359 e. The molecule has 2 unspecified atom stereocenters. The molecule has 0 bridgehead atoms. The van der Waals surface area contributed by atoms with Crippen LogP contribution in [0.15, 0.2) is 73.1 Å². The Balaban J connectivity index is 0.000000178. The average molecular weight is 836 g/mol. The molecule has 308 valence electrons. The fourth-order valence-corrected chi connectivity index (χ4v) is 8.80. The predicted octanol–water partition coefficient (Wildman–Crippen LogP) is 7.52. The van der Waals surface area contributed by atoms with E-state index in [1.807, 2.05) is 53.4 Å². The lowest BCUT2D eigenvalue weighted by Gasteiger charge is -2.20. The number of carbonyl (C=O) groups excluding carboxylic acids is 3. The van der Waals surface area contributed by atoms with Gasteiger partial charge in [-0.1, -0.05) is 59.6 Å². The lowest BCUT2D eigenvalue weighted by Crippen LogP contribution is -2.34. The van der Waals surface area contributed by atoms with Crippen molar-refractivity contribution in [2.75, 3.05) is 26.2 Å². The highest BCUT2D eigenvalue weighted by atomic mass is 35.5. The first-order valence-corrected chi connectivity index (χ1v) is 20.3. The minimum Gasteiger partial charge on any atom is -0.476 e. The molecule has 8 rings (SSSR count). The Morgan fingerprint density at radius 2 is 1.05 bits per heavy atom. The number of carboxylic acids is 1. The third kappa shape index (κ3) is 9.91. The minimum atomic E-state index is -1.14. The molecule has 4 aromatic rings. The van der Waals surface area contributed by atoms with Crippen LogP contribution in [0.3, 0.4) is 0 Å². The SMILES string of the molecule is CC(C)(C)OC(=O)c1ccn(C(=O)N2C[C@H]3CC(OCc4ccccc4Cl)C[C@H]3C2)n1.O=C(O)c1ccn(C(=O)N2C[C@H]3CC(OCc4ccccc4Cl)C[C@H]3C2)n1. The van der Waals surface area contributed by atoms with Crippen LogP contribution in [0.2, 0.25) is 10.0 Å². The van der Waals surface area contributed by atoms with Gasteiger partial charge in [-0.25, -0.2) is 19.2 Å². The summed E-state index contributed by atoms with van der Waals surface area (Å²) in [6.07, 6.45) is 6.98. The molecule has 2 saturated heterocycles. The summed E-state index contributed by atoms with van der Waals surface area (Å²) in [6, 6.07) is 17.8. The minimum absolute atomic E-state index is 0.129.